The van der Waals surface area contributed by atoms with E-state index in [1.165, 1.54) is 5.56 Å². The minimum atomic E-state index is -0.286. The highest BCUT2D eigenvalue weighted by atomic mass is 16.7. The summed E-state index contributed by atoms with van der Waals surface area (Å²) in [6.07, 6.45) is 0.914. The average Bonchev–Trinajstić information content (AvgIpc) is 3.21. The van der Waals surface area contributed by atoms with E-state index < -0.39 is 0 Å². The lowest BCUT2D eigenvalue weighted by Gasteiger charge is -2.10. The topological polar surface area (TPSA) is 85.4 Å². The standard InChI is InChI=1S/C21H20N4O3/c1-2-15-5-3-4-6-16(15)23-20-10-8-17(24-25-20)21(26)22-12-14-7-9-18-19(11-14)28-13-27-18/h3-11H,2,12-13H2,1H3,(H,22,26)(H,23,25). The third-order valence-corrected chi connectivity index (χ3v) is 4.45. The average molecular weight is 376 g/mol. The predicted octanol–water partition coefficient (Wildman–Crippen LogP) is 3.44. The van der Waals surface area contributed by atoms with E-state index in [2.05, 4.69) is 33.8 Å². The first kappa shape index (κ1) is 17.8. The molecule has 1 amide bonds. The quantitative estimate of drug-likeness (QED) is 0.685. The molecule has 0 spiro atoms. The Morgan fingerprint density at radius 1 is 1.04 bits per heavy atom. The molecule has 0 saturated carbocycles. The highest BCUT2D eigenvalue weighted by molar-refractivity contribution is 5.92. The molecule has 7 nitrogen and oxygen atoms in total. The largest absolute Gasteiger partial charge is 0.454 e. The Morgan fingerprint density at radius 2 is 1.89 bits per heavy atom. The number of carbonyl (C=O) groups is 1. The second kappa shape index (κ2) is 7.96. The zero-order chi connectivity index (χ0) is 19.3. The van der Waals surface area contributed by atoms with Gasteiger partial charge in [0.2, 0.25) is 6.79 Å². The highest BCUT2D eigenvalue weighted by Crippen LogP contribution is 2.32. The van der Waals surface area contributed by atoms with Crippen molar-refractivity contribution in [1.82, 2.24) is 15.5 Å². The number of nitrogens with one attached hydrogen (secondary N) is 2. The van der Waals surface area contributed by atoms with Crippen LogP contribution in [0.1, 0.15) is 28.5 Å². The number of fused-ring (bicyclic) bond motifs is 1. The number of para-hydroxylation sites is 1. The molecular formula is C21H20N4O3. The van der Waals surface area contributed by atoms with Crippen molar-refractivity contribution in [2.75, 3.05) is 12.1 Å². The maximum absolute atomic E-state index is 12.3. The minimum absolute atomic E-state index is 0.226. The number of hydrogen-bond acceptors (Lipinski definition) is 6. The molecule has 0 aliphatic carbocycles. The van der Waals surface area contributed by atoms with Crippen LogP contribution in [0.5, 0.6) is 11.5 Å². The van der Waals surface area contributed by atoms with Crippen molar-refractivity contribution >= 4 is 17.4 Å². The molecule has 0 atom stereocenters. The molecule has 0 bridgehead atoms. The van der Waals surface area contributed by atoms with Gasteiger partial charge in [-0.05, 0) is 47.9 Å². The van der Waals surface area contributed by atoms with E-state index in [4.69, 9.17) is 9.47 Å². The number of ether oxygens (including phenoxy) is 2. The Morgan fingerprint density at radius 3 is 2.71 bits per heavy atom. The smallest absolute Gasteiger partial charge is 0.272 e. The monoisotopic (exact) mass is 376 g/mol. The summed E-state index contributed by atoms with van der Waals surface area (Å²) < 4.78 is 10.6. The van der Waals surface area contributed by atoms with Crippen LogP contribution in [0.25, 0.3) is 0 Å². The number of aromatic nitrogens is 2. The van der Waals surface area contributed by atoms with Crippen molar-refractivity contribution in [2.24, 2.45) is 0 Å². The fourth-order valence-corrected chi connectivity index (χ4v) is 2.93. The van der Waals surface area contributed by atoms with Gasteiger partial charge in [-0.2, -0.15) is 0 Å². The number of benzene rings is 2. The molecule has 4 rings (SSSR count). The Balaban J connectivity index is 1.37. The lowest BCUT2D eigenvalue weighted by molar-refractivity contribution is 0.0945. The van der Waals surface area contributed by atoms with Gasteiger partial charge in [0.1, 0.15) is 0 Å². The number of rotatable bonds is 6. The van der Waals surface area contributed by atoms with Gasteiger partial charge < -0.3 is 20.1 Å². The van der Waals surface area contributed by atoms with E-state index in [-0.39, 0.29) is 18.4 Å². The van der Waals surface area contributed by atoms with Crippen LogP contribution in [0.3, 0.4) is 0 Å². The molecule has 3 aromatic rings. The number of nitrogens with zero attached hydrogens (tertiary/aromatic N) is 2. The molecule has 2 N–H and O–H groups in total. The third-order valence-electron chi connectivity index (χ3n) is 4.45. The molecule has 7 heteroatoms. The molecule has 1 aromatic heterocycles. The van der Waals surface area contributed by atoms with Gasteiger partial charge in [0.15, 0.2) is 23.0 Å². The van der Waals surface area contributed by atoms with E-state index in [1.54, 1.807) is 12.1 Å². The van der Waals surface area contributed by atoms with Gasteiger partial charge in [-0.15, -0.1) is 10.2 Å². The summed E-state index contributed by atoms with van der Waals surface area (Å²) in [6, 6.07) is 17.0. The van der Waals surface area contributed by atoms with Crippen LogP contribution >= 0.6 is 0 Å². The van der Waals surface area contributed by atoms with E-state index >= 15 is 0 Å². The van der Waals surface area contributed by atoms with Crippen LogP contribution in [-0.2, 0) is 13.0 Å². The summed E-state index contributed by atoms with van der Waals surface area (Å²) in [5, 5.41) is 14.2. The van der Waals surface area contributed by atoms with Gasteiger partial charge in [0, 0.05) is 12.2 Å². The van der Waals surface area contributed by atoms with Crippen LogP contribution < -0.4 is 20.1 Å². The molecule has 1 aliphatic rings. The van der Waals surface area contributed by atoms with Gasteiger partial charge in [0.05, 0.1) is 0 Å². The van der Waals surface area contributed by atoms with Crippen molar-refractivity contribution in [1.29, 1.82) is 0 Å². The number of anilines is 2. The summed E-state index contributed by atoms with van der Waals surface area (Å²) in [4.78, 5) is 12.3. The maximum Gasteiger partial charge on any atom is 0.272 e. The van der Waals surface area contributed by atoms with Gasteiger partial charge in [-0.1, -0.05) is 31.2 Å². The van der Waals surface area contributed by atoms with Gasteiger partial charge in [-0.25, -0.2) is 0 Å². The fraction of sp³-hybridized carbons (Fsp3) is 0.190. The Kier molecular flexibility index (Phi) is 5.05. The molecule has 2 heterocycles. The van der Waals surface area contributed by atoms with Crippen LogP contribution in [0.4, 0.5) is 11.5 Å². The number of carbonyl (C=O) groups excluding carboxylic acids is 1. The summed E-state index contributed by atoms with van der Waals surface area (Å²) in [5.74, 6) is 1.71. The molecule has 1 aliphatic heterocycles. The van der Waals surface area contributed by atoms with E-state index in [0.29, 0.717) is 23.9 Å². The Labute approximate surface area is 162 Å². The molecule has 2 aromatic carbocycles. The number of aryl methyl sites for hydroxylation is 1. The SMILES string of the molecule is CCc1ccccc1Nc1ccc(C(=O)NCc2ccc3c(c2)OCO3)nn1. The van der Waals surface area contributed by atoms with Crippen molar-refractivity contribution in [3.63, 3.8) is 0 Å². The molecule has 0 fully saturated rings. The van der Waals surface area contributed by atoms with Crippen LogP contribution in [0, 0.1) is 0 Å². The van der Waals surface area contributed by atoms with Gasteiger partial charge >= 0.3 is 0 Å². The lowest BCUT2D eigenvalue weighted by atomic mass is 10.1. The molecule has 28 heavy (non-hydrogen) atoms. The zero-order valence-corrected chi connectivity index (χ0v) is 15.4. The first-order chi connectivity index (χ1) is 13.7. The fourth-order valence-electron chi connectivity index (χ4n) is 2.93. The van der Waals surface area contributed by atoms with Crippen molar-refractivity contribution < 1.29 is 14.3 Å². The molecular weight excluding hydrogens is 356 g/mol. The molecule has 142 valence electrons. The second-order valence-corrected chi connectivity index (χ2v) is 6.31. The number of amides is 1. The third kappa shape index (κ3) is 3.88. The molecule has 0 unspecified atom stereocenters. The zero-order valence-electron chi connectivity index (χ0n) is 15.4. The number of hydrogen-bond donors (Lipinski definition) is 2. The van der Waals surface area contributed by atoms with E-state index in [0.717, 1.165) is 17.7 Å². The van der Waals surface area contributed by atoms with Crippen LogP contribution in [0.2, 0.25) is 0 Å². The van der Waals surface area contributed by atoms with E-state index in [9.17, 15) is 4.79 Å². The van der Waals surface area contributed by atoms with Crippen LogP contribution in [0.15, 0.2) is 54.6 Å². The summed E-state index contributed by atoms with van der Waals surface area (Å²) in [7, 11) is 0. The Hall–Kier alpha value is -3.61. The summed E-state index contributed by atoms with van der Waals surface area (Å²) in [5.41, 5.74) is 3.35. The van der Waals surface area contributed by atoms with Gasteiger partial charge in [0.25, 0.3) is 5.91 Å². The predicted molar refractivity (Wildman–Crippen MR) is 105 cm³/mol. The first-order valence-corrected chi connectivity index (χ1v) is 9.08. The Bertz CT molecular complexity index is 989. The maximum atomic E-state index is 12.3. The van der Waals surface area contributed by atoms with Gasteiger partial charge in [-0.3, -0.25) is 4.79 Å². The summed E-state index contributed by atoms with van der Waals surface area (Å²) in [6.45, 7) is 2.69. The van der Waals surface area contributed by atoms with Crippen molar-refractivity contribution in [2.45, 2.75) is 19.9 Å². The first-order valence-electron chi connectivity index (χ1n) is 9.08. The summed E-state index contributed by atoms with van der Waals surface area (Å²) >= 11 is 0. The van der Waals surface area contributed by atoms with Crippen molar-refractivity contribution in [3.05, 3.63) is 71.4 Å². The minimum Gasteiger partial charge on any atom is -0.454 e. The normalized spacial score (nSPS) is 11.9. The molecule has 0 radical (unpaired) electrons. The van der Waals surface area contributed by atoms with Crippen molar-refractivity contribution in [3.8, 4) is 11.5 Å². The van der Waals surface area contributed by atoms with Crippen LogP contribution in [-0.4, -0.2) is 22.9 Å². The molecule has 0 saturated heterocycles. The second-order valence-electron chi connectivity index (χ2n) is 6.31. The van der Waals surface area contributed by atoms with E-state index in [1.807, 2.05) is 36.4 Å². The lowest BCUT2D eigenvalue weighted by Crippen LogP contribution is -2.24. The highest BCUT2D eigenvalue weighted by Gasteiger charge is 2.14.